The van der Waals surface area contributed by atoms with Gasteiger partial charge in [0.2, 0.25) is 17.8 Å². The molecule has 1 aromatic carbocycles. The molecule has 7 heteroatoms. The van der Waals surface area contributed by atoms with Crippen molar-refractivity contribution in [3.8, 4) is 0 Å². The number of hydrogen-bond acceptors (Lipinski definition) is 4. The molecule has 4 saturated carbocycles. The predicted octanol–water partition coefficient (Wildman–Crippen LogP) is 5.73. The van der Waals surface area contributed by atoms with E-state index in [1.165, 1.54) is 37.0 Å². The quantitative estimate of drug-likeness (QED) is 0.238. The molecule has 1 heterocycles. The summed E-state index contributed by atoms with van der Waals surface area (Å²) in [6, 6.07) is 7.47. The van der Waals surface area contributed by atoms with Crippen molar-refractivity contribution in [2.24, 2.45) is 29.6 Å². The minimum Gasteiger partial charge on any atom is -0.465 e. The number of carbonyl (C=O) groups is 2. The van der Waals surface area contributed by atoms with Gasteiger partial charge in [0, 0.05) is 23.4 Å². The molecule has 4 aliphatic carbocycles. The molecule has 4 fully saturated rings. The van der Waals surface area contributed by atoms with Crippen LogP contribution in [0.3, 0.4) is 0 Å². The number of ether oxygens (including phenoxy) is 1. The summed E-state index contributed by atoms with van der Waals surface area (Å²) >= 11 is 5.04. The van der Waals surface area contributed by atoms with Gasteiger partial charge in [-0.05, 0) is 67.9 Å². The van der Waals surface area contributed by atoms with Crippen LogP contribution < -0.4 is 4.57 Å². The van der Waals surface area contributed by atoms with Crippen LogP contribution in [0.4, 0.5) is 0 Å². The summed E-state index contributed by atoms with van der Waals surface area (Å²) in [5, 5.41) is 0. The van der Waals surface area contributed by atoms with Crippen LogP contribution in [0.2, 0.25) is 0 Å². The summed E-state index contributed by atoms with van der Waals surface area (Å²) < 4.78 is 8.76. The summed E-state index contributed by atoms with van der Waals surface area (Å²) in [5.74, 6) is 3.16. The van der Waals surface area contributed by atoms with E-state index in [-0.39, 0.29) is 34.7 Å². The summed E-state index contributed by atoms with van der Waals surface area (Å²) in [5.41, 5.74) is 3.80. The number of rotatable bonds is 7. The molecule has 0 amide bonds. The van der Waals surface area contributed by atoms with Crippen molar-refractivity contribution in [1.82, 2.24) is 0 Å². The van der Waals surface area contributed by atoms with Crippen molar-refractivity contribution in [3.63, 3.8) is 0 Å². The lowest BCUT2D eigenvalue weighted by Crippen LogP contribution is -2.48. The Balaban J connectivity index is 0.00000245. The van der Waals surface area contributed by atoms with Crippen molar-refractivity contribution in [1.29, 1.82) is 0 Å². The number of halogens is 2. The molecule has 2 aromatic rings. The lowest BCUT2D eigenvalue weighted by molar-refractivity contribution is -0.684. The first kappa shape index (κ1) is 24.1. The summed E-state index contributed by atoms with van der Waals surface area (Å²) in [4.78, 5) is 26.6. The molecule has 0 saturated heterocycles. The number of aromatic nitrogens is 1. The molecular weight excluding hydrogens is 554 g/mol. The fourth-order valence-electron chi connectivity index (χ4n) is 6.38. The zero-order valence-electron chi connectivity index (χ0n) is 18.3. The van der Waals surface area contributed by atoms with E-state index in [2.05, 4.69) is 15.9 Å². The van der Waals surface area contributed by atoms with Crippen molar-refractivity contribution in [3.05, 3.63) is 50.4 Å². The van der Waals surface area contributed by atoms with Gasteiger partial charge in [0.15, 0.2) is 5.69 Å². The monoisotopic (exact) mass is 582 g/mol. The Morgan fingerprint density at radius 2 is 1.69 bits per heavy atom. The van der Waals surface area contributed by atoms with Crippen molar-refractivity contribution in [2.75, 3.05) is 6.61 Å². The Bertz CT molecular complexity index is 960. The highest BCUT2D eigenvalue weighted by Gasteiger charge is 2.51. The first-order chi connectivity index (χ1) is 15.0. The lowest BCUT2D eigenvalue weighted by atomic mass is 9.52. The number of carbonyl (C=O) groups excluding carboxylic acids is 2. The van der Waals surface area contributed by atoms with Crippen LogP contribution in [0, 0.1) is 36.5 Å². The Morgan fingerprint density at radius 1 is 1.06 bits per heavy atom. The molecule has 0 radical (unpaired) electrons. The second-order valence-corrected chi connectivity index (χ2v) is 11.5. The molecule has 4 bridgehead atoms. The highest BCUT2D eigenvalue weighted by Crippen LogP contribution is 2.56. The minimum atomic E-state index is 0. The molecule has 4 nitrogen and oxygen atoms in total. The minimum absolute atomic E-state index is 0. The Morgan fingerprint density at radius 3 is 2.31 bits per heavy atom. The van der Waals surface area contributed by atoms with Crippen LogP contribution in [0.1, 0.15) is 53.0 Å². The molecule has 0 spiro atoms. The zero-order valence-corrected chi connectivity index (χ0v) is 22.4. The summed E-state index contributed by atoms with van der Waals surface area (Å²) in [6.07, 6.45) is 7.07. The molecule has 32 heavy (non-hydrogen) atoms. The van der Waals surface area contributed by atoms with Gasteiger partial charge in [-0.3, -0.25) is 9.59 Å². The van der Waals surface area contributed by atoms with Crippen molar-refractivity contribution < 1.29 is 18.9 Å². The number of ketones is 1. The van der Waals surface area contributed by atoms with Crippen LogP contribution in [0.5, 0.6) is 0 Å². The third-order valence-electron chi connectivity index (χ3n) is 7.71. The lowest BCUT2D eigenvalue weighted by Gasteiger charge is -2.53. The van der Waals surface area contributed by atoms with Gasteiger partial charge in [0.1, 0.15) is 0 Å². The van der Waals surface area contributed by atoms with Gasteiger partial charge in [0.05, 0.1) is 17.4 Å². The second kappa shape index (κ2) is 10.1. The summed E-state index contributed by atoms with van der Waals surface area (Å²) in [6.45, 7) is 2.81. The SMILES string of the molecule is Br.Cc1c(CCOC(=O)C2C3CC4CC(C3)CC2C4)sc[n+]1CC(=O)c1ccc(Br)cc1. The van der Waals surface area contributed by atoms with E-state index in [1.54, 1.807) is 11.3 Å². The van der Waals surface area contributed by atoms with E-state index in [1.807, 2.05) is 41.3 Å². The first-order valence-electron chi connectivity index (χ1n) is 11.4. The third kappa shape index (κ3) is 4.90. The molecular formula is C25H30Br2NO3S+. The Labute approximate surface area is 212 Å². The van der Waals surface area contributed by atoms with Crippen LogP contribution in [-0.4, -0.2) is 18.4 Å². The van der Waals surface area contributed by atoms with Crippen LogP contribution in [0.25, 0.3) is 0 Å². The Hall–Kier alpha value is -1.05. The molecule has 0 N–H and O–H groups in total. The van der Waals surface area contributed by atoms with E-state index in [9.17, 15) is 9.59 Å². The maximum absolute atomic E-state index is 12.9. The van der Waals surface area contributed by atoms with E-state index in [4.69, 9.17) is 4.74 Å². The largest absolute Gasteiger partial charge is 0.465 e. The van der Waals surface area contributed by atoms with Gasteiger partial charge in [-0.25, -0.2) is 0 Å². The predicted molar refractivity (Wildman–Crippen MR) is 133 cm³/mol. The van der Waals surface area contributed by atoms with Gasteiger partial charge in [0.25, 0.3) is 0 Å². The van der Waals surface area contributed by atoms with E-state index in [0.29, 0.717) is 30.6 Å². The van der Waals surface area contributed by atoms with Gasteiger partial charge >= 0.3 is 5.97 Å². The standard InChI is InChI=1S/C25H29BrNO3S.BrH/c1-15-23(31-14-27(15)13-22(28)18-2-4-21(26)5-3-18)6-7-30-25(29)24-19-9-16-8-17(11-19)12-20(24)10-16;/h2-5,14,16-17,19-20,24H,6-13H2,1H3;1H/q+1;. The first-order valence-corrected chi connectivity index (χ1v) is 13.1. The molecule has 1 aromatic heterocycles. The fraction of sp³-hybridized carbons (Fsp3) is 0.560. The van der Waals surface area contributed by atoms with Gasteiger partial charge in [-0.2, -0.15) is 4.57 Å². The summed E-state index contributed by atoms with van der Waals surface area (Å²) in [7, 11) is 0. The number of esters is 1. The van der Waals surface area contributed by atoms with Crippen LogP contribution >= 0.6 is 44.2 Å². The molecule has 0 unspecified atom stereocenters. The highest BCUT2D eigenvalue weighted by molar-refractivity contribution is 9.10. The average molecular weight is 584 g/mol. The smallest absolute Gasteiger partial charge is 0.309 e. The zero-order chi connectivity index (χ0) is 21.5. The molecule has 172 valence electrons. The van der Waals surface area contributed by atoms with E-state index >= 15 is 0 Å². The third-order valence-corrected chi connectivity index (χ3v) is 9.38. The van der Waals surface area contributed by atoms with Crippen molar-refractivity contribution in [2.45, 2.75) is 52.0 Å². The molecule has 6 rings (SSSR count). The van der Waals surface area contributed by atoms with Crippen molar-refractivity contribution >= 4 is 56.0 Å². The number of hydrogen-bond donors (Lipinski definition) is 0. The Kier molecular flexibility index (Phi) is 7.57. The maximum Gasteiger partial charge on any atom is 0.309 e. The van der Waals surface area contributed by atoms with Crippen LogP contribution in [0.15, 0.2) is 34.2 Å². The molecule has 4 aliphatic rings. The van der Waals surface area contributed by atoms with Crippen LogP contribution in [-0.2, 0) is 22.5 Å². The van der Waals surface area contributed by atoms with E-state index in [0.717, 1.165) is 28.4 Å². The van der Waals surface area contributed by atoms with Gasteiger partial charge in [-0.15, -0.1) is 17.0 Å². The average Bonchev–Trinajstić information content (AvgIpc) is 3.07. The molecule has 0 atom stereocenters. The number of nitrogens with zero attached hydrogens (tertiary/aromatic N) is 1. The number of thiazole rings is 1. The number of benzene rings is 1. The highest BCUT2D eigenvalue weighted by atomic mass is 79.9. The fourth-order valence-corrected chi connectivity index (χ4v) is 7.62. The van der Waals surface area contributed by atoms with E-state index < -0.39 is 0 Å². The number of Topliss-reactive ketones (excluding diaryl/α,β-unsaturated/α-hetero) is 1. The topological polar surface area (TPSA) is 47.2 Å². The van der Waals surface area contributed by atoms with Gasteiger partial charge in [-0.1, -0.05) is 39.4 Å². The normalized spacial score (nSPS) is 27.8. The maximum atomic E-state index is 12.9. The van der Waals surface area contributed by atoms with Gasteiger partial charge < -0.3 is 4.74 Å². The molecule has 0 aliphatic heterocycles. The second-order valence-electron chi connectivity index (χ2n) is 9.66.